The number of fused-ring (bicyclic) bond motifs is 6. The largest absolute Gasteiger partial charge is 0.657 e. The number of para-hydroxylation sites is 1. The molecular formula is C18H10NS-. The van der Waals surface area contributed by atoms with Gasteiger partial charge in [-0.3, -0.25) is 0 Å². The summed E-state index contributed by atoms with van der Waals surface area (Å²) in [4.78, 5) is 4.74. The minimum Gasteiger partial charge on any atom is -0.657 e. The quantitative estimate of drug-likeness (QED) is 0.372. The van der Waals surface area contributed by atoms with Gasteiger partial charge in [0.15, 0.2) is 0 Å². The zero-order chi connectivity index (χ0) is 13.1. The Balaban J connectivity index is 2.06. The third-order valence-electron chi connectivity index (χ3n) is 3.93. The number of hydrogen-bond donors (Lipinski definition) is 0. The molecule has 0 aliphatic heterocycles. The van der Waals surface area contributed by atoms with Crippen LogP contribution in [0.4, 0.5) is 0 Å². The maximum Gasteiger partial charge on any atom is 0.0355 e. The van der Waals surface area contributed by atoms with Crippen LogP contribution in [0.5, 0.6) is 0 Å². The van der Waals surface area contributed by atoms with Crippen molar-refractivity contribution in [2.45, 2.75) is 0 Å². The van der Waals surface area contributed by atoms with E-state index in [1.54, 1.807) is 0 Å². The van der Waals surface area contributed by atoms with Gasteiger partial charge in [-0.1, -0.05) is 48.5 Å². The third kappa shape index (κ3) is 1.27. The summed E-state index contributed by atoms with van der Waals surface area (Å²) in [5, 5.41) is 5.20. The molecule has 0 aliphatic carbocycles. The van der Waals surface area contributed by atoms with E-state index in [-0.39, 0.29) is 0 Å². The number of aromatic nitrogens is 1. The molecule has 0 radical (unpaired) electrons. The summed E-state index contributed by atoms with van der Waals surface area (Å²) in [6.45, 7) is 0. The molecule has 0 saturated carbocycles. The second kappa shape index (κ2) is 3.62. The highest BCUT2D eigenvalue weighted by molar-refractivity contribution is 7.25. The first-order valence-corrected chi connectivity index (χ1v) is 7.48. The van der Waals surface area contributed by atoms with Gasteiger partial charge >= 0.3 is 0 Å². The fourth-order valence-electron chi connectivity index (χ4n) is 3.00. The minimum atomic E-state index is 1.09. The summed E-state index contributed by atoms with van der Waals surface area (Å²) in [5.74, 6) is 0. The molecule has 5 rings (SSSR count). The summed E-state index contributed by atoms with van der Waals surface area (Å²) in [7, 11) is 0. The molecule has 2 heterocycles. The van der Waals surface area contributed by atoms with Gasteiger partial charge in [0, 0.05) is 20.2 Å². The molecule has 0 amide bonds. The van der Waals surface area contributed by atoms with Gasteiger partial charge in [-0.2, -0.15) is 0 Å². The van der Waals surface area contributed by atoms with Crippen LogP contribution in [0.2, 0.25) is 0 Å². The van der Waals surface area contributed by atoms with Crippen molar-refractivity contribution in [2.75, 3.05) is 0 Å². The molecular weight excluding hydrogens is 262 g/mol. The van der Waals surface area contributed by atoms with Gasteiger partial charge in [-0.25, -0.2) is 0 Å². The topological polar surface area (TPSA) is 14.1 Å². The van der Waals surface area contributed by atoms with Crippen molar-refractivity contribution >= 4 is 53.3 Å². The lowest BCUT2D eigenvalue weighted by atomic mass is 10.1. The molecule has 94 valence electrons. The molecule has 0 atom stereocenters. The van der Waals surface area contributed by atoms with Crippen LogP contribution >= 0.6 is 11.3 Å². The van der Waals surface area contributed by atoms with Crippen molar-refractivity contribution in [3.63, 3.8) is 0 Å². The van der Waals surface area contributed by atoms with E-state index < -0.39 is 0 Å². The van der Waals surface area contributed by atoms with Crippen molar-refractivity contribution < 1.29 is 0 Å². The first-order chi connectivity index (χ1) is 9.90. The monoisotopic (exact) mass is 272 g/mol. The minimum absolute atomic E-state index is 1.09. The Bertz CT molecular complexity index is 1010. The summed E-state index contributed by atoms with van der Waals surface area (Å²) in [5.41, 5.74) is 2.19. The van der Waals surface area contributed by atoms with E-state index in [4.69, 9.17) is 4.98 Å². The highest BCUT2D eigenvalue weighted by Gasteiger charge is 2.05. The van der Waals surface area contributed by atoms with Crippen LogP contribution in [0.15, 0.2) is 60.7 Å². The Kier molecular flexibility index (Phi) is 1.89. The molecule has 0 bridgehead atoms. The number of hydrogen-bond acceptors (Lipinski definition) is 1. The fourth-order valence-corrected chi connectivity index (χ4v) is 4.12. The molecule has 2 aromatic heterocycles. The normalized spacial score (nSPS) is 12.0. The van der Waals surface area contributed by atoms with Gasteiger partial charge in [0.2, 0.25) is 0 Å². The van der Waals surface area contributed by atoms with Crippen LogP contribution in [0.25, 0.3) is 42.0 Å². The Morgan fingerprint density at radius 1 is 0.600 bits per heavy atom. The summed E-state index contributed by atoms with van der Waals surface area (Å²) in [6.07, 6.45) is 0. The molecule has 20 heavy (non-hydrogen) atoms. The molecule has 5 aromatic rings. The predicted octanol–water partition coefficient (Wildman–Crippen LogP) is 5.32. The average molecular weight is 272 g/mol. The first kappa shape index (κ1) is 10.5. The SMILES string of the molecule is c1ccc2c(c1)[n-]c1cc3sc4ccccc4c3cc12. The zero-order valence-electron chi connectivity index (χ0n) is 10.6. The second-order valence-corrected chi connectivity index (χ2v) is 6.18. The van der Waals surface area contributed by atoms with E-state index >= 15 is 0 Å². The standard InChI is InChI=1S/C18H10NS/c1-3-7-15-11(5-1)13-9-14-12-6-2-4-8-17(12)20-18(14)10-16(13)19-15/h1-10H/q-1. The van der Waals surface area contributed by atoms with Crippen molar-refractivity contribution in [1.29, 1.82) is 0 Å². The van der Waals surface area contributed by atoms with Gasteiger partial charge in [-0.05, 0) is 22.9 Å². The van der Waals surface area contributed by atoms with Gasteiger partial charge < -0.3 is 4.98 Å². The fraction of sp³-hybridized carbons (Fsp3) is 0. The van der Waals surface area contributed by atoms with E-state index in [0.717, 1.165) is 11.0 Å². The van der Waals surface area contributed by atoms with E-state index in [1.165, 1.54) is 30.9 Å². The lowest BCUT2D eigenvalue weighted by molar-refractivity contribution is 1.51. The Hall–Kier alpha value is -2.32. The Labute approximate surface area is 119 Å². The van der Waals surface area contributed by atoms with E-state index in [2.05, 4.69) is 54.6 Å². The third-order valence-corrected chi connectivity index (χ3v) is 5.06. The number of rotatable bonds is 0. The van der Waals surface area contributed by atoms with Gasteiger partial charge in [0.1, 0.15) is 0 Å². The Morgan fingerprint density at radius 3 is 2.35 bits per heavy atom. The van der Waals surface area contributed by atoms with Gasteiger partial charge in [0.05, 0.1) is 0 Å². The highest BCUT2D eigenvalue weighted by atomic mass is 32.1. The molecule has 1 nitrogen and oxygen atoms in total. The Morgan fingerprint density at radius 2 is 1.40 bits per heavy atom. The van der Waals surface area contributed by atoms with Crippen LogP contribution in [0.1, 0.15) is 0 Å². The van der Waals surface area contributed by atoms with Crippen molar-refractivity contribution in [3.05, 3.63) is 60.7 Å². The van der Waals surface area contributed by atoms with E-state index in [9.17, 15) is 0 Å². The molecule has 3 aromatic carbocycles. The number of benzene rings is 3. The number of thiophene rings is 1. The summed E-state index contributed by atoms with van der Waals surface area (Å²) >= 11 is 1.85. The molecule has 0 unspecified atom stereocenters. The van der Waals surface area contributed by atoms with Crippen molar-refractivity contribution in [2.24, 2.45) is 0 Å². The second-order valence-electron chi connectivity index (χ2n) is 5.09. The van der Waals surface area contributed by atoms with Crippen molar-refractivity contribution in [3.8, 4) is 0 Å². The van der Waals surface area contributed by atoms with Gasteiger partial charge in [0.25, 0.3) is 0 Å². The summed E-state index contributed by atoms with van der Waals surface area (Å²) in [6, 6.07) is 21.5. The lowest BCUT2D eigenvalue weighted by Crippen LogP contribution is -1.70. The first-order valence-electron chi connectivity index (χ1n) is 6.66. The van der Waals surface area contributed by atoms with Crippen LogP contribution in [0, 0.1) is 0 Å². The highest BCUT2D eigenvalue weighted by Crippen LogP contribution is 2.37. The van der Waals surface area contributed by atoms with E-state index in [0.29, 0.717) is 0 Å². The zero-order valence-corrected chi connectivity index (χ0v) is 11.4. The molecule has 2 heteroatoms. The molecule has 0 spiro atoms. The van der Waals surface area contributed by atoms with Crippen LogP contribution in [-0.2, 0) is 0 Å². The average Bonchev–Trinajstić information content (AvgIpc) is 3.02. The van der Waals surface area contributed by atoms with Crippen LogP contribution in [-0.4, -0.2) is 0 Å². The van der Waals surface area contributed by atoms with Crippen LogP contribution in [0.3, 0.4) is 0 Å². The molecule has 0 fully saturated rings. The van der Waals surface area contributed by atoms with Crippen molar-refractivity contribution in [1.82, 2.24) is 4.98 Å². The van der Waals surface area contributed by atoms with Crippen LogP contribution < -0.4 is 4.98 Å². The summed E-state index contributed by atoms with van der Waals surface area (Å²) < 4.78 is 2.67. The van der Waals surface area contributed by atoms with E-state index in [1.807, 2.05) is 17.4 Å². The maximum atomic E-state index is 4.74. The van der Waals surface area contributed by atoms with Gasteiger partial charge in [-0.15, -0.1) is 22.4 Å². The number of nitrogens with zero attached hydrogens (tertiary/aromatic N) is 1. The predicted molar refractivity (Wildman–Crippen MR) is 87.7 cm³/mol. The molecule has 0 N–H and O–H groups in total. The molecule has 0 aliphatic rings. The lowest BCUT2D eigenvalue weighted by Gasteiger charge is -1.99. The smallest absolute Gasteiger partial charge is 0.0355 e. The molecule has 0 saturated heterocycles. The maximum absolute atomic E-state index is 4.74.